The van der Waals surface area contributed by atoms with Crippen LogP contribution in [0, 0.1) is 0 Å². The molecule has 3 aromatic carbocycles. The number of pyridine rings is 1. The number of fused-ring (bicyclic) bond motifs is 3. The molecular weight excluding hydrogens is 492 g/mol. The zero-order valence-corrected chi connectivity index (χ0v) is 21.6. The van der Waals surface area contributed by atoms with E-state index in [0.717, 1.165) is 27.9 Å². The molecule has 1 N–H and O–H groups in total. The van der Waals surface area contributed by atoms with Gasteiger partial charge in [0.05, 0.1) is 10.9 Å². The van der Waals surface area contributed by atoms with Crippen LogP contribution in [0.4, 0.5) is 5.69 Å². The van der Waals surface area contributed by atoms with Crippen molar-refractivity contribution in [3.8, 4) is 11.5 Å². The largest absolute Gasteiger partial charge is 0.506 e. The molecule has 6 rings (SSSR count). The monoisotopic (exact) mass is 517 g/mol. The van der Waals surface area contributed by atoms with Crippen LogP contribution in [0.2, 0.25) is 0 Å². The molecule has 4 aromatic rings. The molecule has 1 aliphatic heterocycles. The molecule has 1 aliphatic carbocycles. The molecule has 2 heterocycles. The number of allylic oxidation sites excluding steroid dienone is 1. The number of ketones is 2. The Hall–Kier alpha value is -4.91. The van der Waals surface area contributed by atoms with E-state index in [1.165, 1.54) is 0 Å². The number of aromatic hydroxyl groups is 1. The van der Waals surface area contributed by atoms with Crippen LogP contribution in [0.25, 0.3) is 17.0 Å². The predicted octanol–water partition coefficient (Wildman–Crippen LogP) is 5.36. The molecule has 1 atom stereocenters. The normalized spacial score (nSPS) is 17.7. The third-order valence-electron chi connectivity index (χ3n) is 7.73. The number of carbonyl (C=O) groups is 3. The van der Waals surface area contributed by atoms with E-state index in [0.29, 0.717) is 28.9 Å². The first-order chi connectivity index (χ1) is 18.7. The lowest BCUT2D eigenvalue weighted by Gasteiger charge is -2.15. The molecule has 0 saturated carbocycles. The molecule has 0 saturated heterocycles. The van der Waals surface area contributed by atoms with Gasteiger partial charge in [-0.05, 0) is 55.8 Å². The maximum atomic E-state index is 13.5. The number of aromatic nitrogens is 1. The smallest absolute Gasteiger partial charge is 0.298 e. The number of benzene rings is 3. The fourth-order valence-electron chi connectivity index (χ4n) is 5.71. The van der Waals surface area contributed by atoms with E-state index >= 15 is 0 Å². The zero-order valence-electron chi connectivity index (χ0n) is 21.6. The average Bonchev–Trinajstić information content (AvgIpc) is 3.27. The van der Waals surface area contributed by atoms with Crippen molar-refractivity contribution in [2.24, 2.45) is 0 Å². The lowest BCUT2D eigenvalue weighted by Crippen LogP contribution is -2.26. The minimum absolute atomic E-state index is 0.0811. The summed E-state index contributed by atoms with van der Waals surface area (Å²) in [5, 5.41) is 11.4. The highest BCUT2D eigenvalue weighted by atomic mass is 16.5. The number of ether oxygens (including phenoxy) is 1. The molecule has 0 radical (unpaired) electrons. The first-order valence-corrected chi connectivity index (χ1v) is 12.6. The van der Waals surface area contributed by atoms with E-state index in [4.69, 9.17) is 4.74 Å². The Bertz CT molecular complexity index is 1800. The molecule has 0 bridgehead atoms. The summed E-state index contributed by atoms with van der Waals surface area (Å²) >= 11 is 0. The zero-order chi connectivity index (χ0) is 27.5. The van der Waals surface area contributed by atoms with Crippen molar-refractivity contribution in [3.05, 3.63) is 101 Å². The Morgan fingerprint density at radius 3 is 2.51 bits per heavy atom. The van der Waals surface area contributed by atoms with Gasteiger partial charge in [0.2, 0.25) is 5.69 Å². The third kappa shape index (κ3) is 3.77. The van der Waals surface area contributed by atoms with Gasteiger partial charge in [-0.15, -0.1) is 0 Å². The van der Waals surface area contributed by atoms with Crippen molar-refractivity contribution in [1.82, 2.24) is 4.98 Å². The van der Waals surface area contributed by atoms with Crippen LogP contribution in [0.3, 0.4) is 0 Å². The van der Waals surface area contributed by atoms with Crippen molar-refractivity contribution >= 4 is 46.4 Å². The second kappa shape index (κ2) is 8.84. The predicted molar refractivity (Wildman–Crippen MR) is 147 cm³/mol. The Kier molecular flexibility index (Phi) is 5.54. The van der Waals surface area contributed by atoms with Crippen molar-refractivity contribution in [2.45, 2.75) is 25.2 Å². The number of hydrogen-bond donors (Lipinski definition) is 1. The number of nitrogens with zero attached hydrogens (tertiary/aromatic N) is 2. The fourth-order valence-corrected chi connectivity index (χ4v) is 5.71. The van der Waals surface area contributed by atoms with Crippen LogP contribution < -0.4 is 4.74 Å². The van der Waals surface area contributed by atoms with Crippen LogP contribution in [-0.4, -0.2) is 45.5 Å². The Morgan fingerprint density at radius 2 is 1.72 bits per heavy atom. The van der Waals surface area contributed by atoms with E-state index in [9.17, 15) is 19.5 Å². The highest BCUT2D eigenvalue weighted by molar-refractivity contribution is 6.30. The molecule has 0 spiro atoms. The molecule has 192 valence electrons. The Balaban J connectivity index is 1.32. The average molecular weight is 518 g/mol. The maximum Gasteiger partial charge on any atom is 0.298 e. The quantitative estimate of drug-likeness (QED) is 0.218. The minimum Gasteiger partial charge on any atom is -0.506 e. The van der Waals surface area contributed by atoms with Crippen LogP contribution in [0.1, 0.15) is 57.3 Å². The van der Waals surface area contributed by atoms with Gasteiger partial charge < -0.3 is 9.84 Å². The first kappa shape index (κ1) is 24.4. The lowest BCUT2D eigenvalue weighted by atomic mass is 9.81. The summed E-state index contributed by atoms with van der Waals surface area (Å²) in [4.78, 5) is 42.0. The van der Waals surface area contributed by atoms with Gasteiger partial charge in [-0.2, -0.15) is 4.58 Å². The van der Waals surface area contributed by atoms with E-state index in [1.54, 1.807) is 30.3 Å². The van der Waals surface area contributed by atoms with E-state index in [-0.39, 0.29) is 28.4 Å². The van der Waals surface area contributed by atoms with E-state index < -0.39 is 5.92 Å². The summed E-state index contributed by atoms with van der Waals surface area (Å²) in [5.74, 6) is -1.59. The van der Waals surface area contributed by atoms with Gasteiger partial charge in [0.15, 0.2) is 17.3 Å². The maximum absolute atomic E-state index is 13.5. The van der Waals surface area contributed by atoms with Crippen molar-refractivity contribution in [1.29, 1.82) is 0 Å². The van der Waals surface area contributed by atoms with Crippen LogP contribution in [-0.2, 0) is 10.2 Å². The third-order valence-corrected chi connectivity index (χ3v) is 7.73. The summed E-state index contributed by atoms with van der Waals surface area (Å²) < 4.78 is 7.13. The summed E-state index contributed by atoms with van der Waals surface area (Å²) in [6.45, 7) is 4.61. The summed E-state index contributed by atoms with van der Waals surface area (Å²) in [6, 6.07) is 19.5. The van der Waals surface area contributed by atoms with Crippen molar-refractivity contribution < 1.29 is 28.8 Å². The van der Waals surface area contributed by atoms with Crippen LogP contribution >= 0.6 is 0 Å². The van der Waals surface area contributed by atoms with E-state index in [2.05, 4.69) is 23.4 Å². The van der Waals surface area contributed by atoms with Gasteiger partial charge in [0, 0.05) is 34.2 Å². The Labute approximate surface area is 224 Å². The van der Waals surface area contributed by atoms with Gasteiger partial charge in [-0.25, -0.2) is 4.98 Å². The highest BCUT2D eigenvalue weighted by Gasteiger charge is 2.44. The number of rotatable bonds is 5. The van der Waals surface area contributed by atoms with Gasteiger partial charge >= 0.3 is 0 Å². The van der Waals surface area contributed by atoms with Gasteiger partial charge in [0.25, 0.3) is 6.47 Å². The van der Waals surface area contributed by atoms with Crippen LogP contribution in [0.5, 0.6) is 11.5 Å². The fraction of sp³-hybridized carbons (Fsp3) is 0.156. The van der Waals surface area contributed by atoms with E-state index in [1.807, 2.05) is 55.6 Å². The lowest BCUT2D eigenvalue weighted by molar-refractivity contribution is -0.401. The standard InChI is InChI=1S/C32H24N2O5/c1-32(2)23-16-20(39-17-35)10-12-25(23)34(3)27(32)13-9-18-8-11-21-22(14-18)31(38)28(30(21)37)29-26(36)15-19-6-4-5-7-24(19)33-29/h4-17,28H,1-3H3/p+1. The van der Waals surface area contributed by atoms with Gasteiger partial charge in [0.1, 0.15) is 30.2 Å². The molecule has 0 amide bonds. The second-order valence-corrected chi connectivity index (χ2v) is 10.3. The SMILES string of the molecule is C[N+]1=C(C=Cc2ccc3c(c2)C(=O)C(c2nc4ccccc4cc2O)C3=O)C(C)(C)c2cc(OC=O)ccc21. The number of hydrogen-bond acceptors (Lipinski definition) is 6. The van der Waals surface area contributed by atoms with Gasteiger partial charge in [-0.3, -0.25) is 14.4 Å². The molecular formula is C32H25N2O5+. The molecule has 1 aromatic heterocycles. The van der Waals surface area contributed by atoms with Crippen molar-refractivity contribution in [3.63, 3.8) is 0 Å². The highest BCUT2D eigenvalue weighted by Crippen LogP contribution is 2.42. The van der Waals surface area contributed by atoms with Gasteiger partial charge in [-0.1, -0.05) is 30.3 Å². The molecule has 7 nitrogen and oxygen atoms in total. The Morgan fingerprint density at radius 1 is 0.949 bits per heavy atom. The van der Waals surface area contributed by atoms with Crippen molar-refractivity contribution in [2.75, 3.05) is 7.05 Å². The second-order valence-electron chi connectivity index (χ2n) is 10.3. The molecule has 2 aliphatic rings. The molecule has 0 fully saturated rings. The summed E-state index contributed by atoms with van der Waals surface area (Å²) in [7, 11) is 1.98. The minimum atomic E-state index is -1.17. The number of para-hydroxylation sites is 1. The summed E-state index contributed by atoms with van der Waals surface area (Å²) in [5.41, 5.74) is 4.81. The number of carbonyl (C=O) groups excluding carboxylic acids is 3. The molecule has 1 unspecified atom stereocenters. The molecule has 39 heavy (non-hydrogen) atoms. The topological polar surface area (TPSA) is 96.6 Å². The number of Topliss-reactive ketones (excluding diaryl/α,β-unsaturated/α-hetero) is 2. The summed E-state index contributed by atoms with van der Waals surface area (Å²) in [6.07, 6.45) is 3.91. The molecule has 7 heteroatoms. The first-order valence-electron chi connectivity index (χ1n) is 12.6. The van der Waals surface area contributed by atoms with Crippen LogP contribution in [0.15, 0.2) is 72.8 Å².